The van der Waals surface area contributed by atoms with Crippen molar-refractivity contribution in [2.45, 2.75) is 19.4 Å². The smallest absolute Gasteiger partial charge is 0.0898 e. The van der Waals surface area contributed by atoms with E-state index in [0.29, 0.717) is 0 Å². The third kappa shape index (κ3) is 2.13. The van der Waals surface area contributed by atoms with E-state index >= 15 is 0 Å². The van der Waals surface area contributed by atoms with Crippen LogP contribution in [0, 0.1) is 6.92 Å². The van der Waals surface area contributed by atoms with E-state index in [1.165, 1.54) is 0 Å². The van der Waals surface area contributed by atoms with Gasteiger partial charge in [0.2, 0.25) is 0 Å². The Bertz CT molecular complexity index is 242. The largest absolute Gasteiger partial charge is 0.322 e. The second-order valence-electron chi connectivity index (χ2n) is 2.42. The van der Waals surface area contributed by atoms with Crippen LogP contribution >= 0.6 is 11.3 Å². The zero-order chi connectivity index (χ0) is 8.27. The average Bonchev–Trinajstić information content (AvgIpc) is 2.36. The molecule has 3 heteroatoms. The normalized spacial score (nSPS) is 12.9. The maximum absolute atomic E-state index is 5.79. The molecule has 0 saturated carbocycles. The molecule has 0 spiro atoms. The van der Waals surface area contributed by atoms with Crippen molar-refractivity contribution in [3.05, 3.63) is 28.7 Å². The van der Waals surface area contributed by atoms with Crippen molar-refractivity contribution in [1.29, 1.82) is 0 Å². The van der Waals surface area contributed by atoms with Gasteiger partial charge in [0, 0.05) is 5.38 Å². The van der Waals surface area contributed by atoms with E-state index in [-0.39, 0.29) is 6.04 Å². The zero-order valence-electron chi connectivity index (χ0n) is 6.58. The number of nitrogens with zero attached hydrogens (tertiary/aromatic N) is 1. The van der Waals surface area contributed by atoms with Crippen molar-refractivity contribution in [2.75, 3.05) is 0 Å². The summed E-state index contributed by atoms with van der Waals surface area (Å²) in [4.78, 5) is 4.27. The molecular formula is C8H12N2S. The fourth-order valence-electron chi connectivity index (χ4n) is 0.851. The second-order valence-corrected chi connectivity index (χ2v) is 3.48. The summed E-state index contributed by atoms with van der Waals surface area (Å²) in [6.07, 6.45) is 2.61. The molecule has 1 atom stereocenters. The summed E-state index contributed by atoms with van der Waals surface area (Å²) in [5.41, 5.74) is 6.77. The number of nitrogens with two attached hydrogens (primary N) is 1. The van der Waals surface area contributed by atoms with Gasteiger partial charge in [-0.05, 0) is 13.3 Å². The van der Waals surface area contributed by atoms with Gasteiger partial charge in [0.15, 0.2) is 0 Å². The lowest BCUT2D eigenvalue weighted by molar-refractivity contribution is 0.718. The van der Waals surface area contributed by atoms with E-state index in [0.717, 1.165) is 17.1 Å². The van der Waals surface area contributed by atoms with E-state index in [1.807, 2.05) is 18.4 Å². The first kappa shape index (κ1) is 8.43. The molecule has 1 aromatic rings. The summed E-state index contributed by atoms with van der Waals surface area (Å²) in [6, 6.07) is 0.0254. The first-order valence-electron chi connectivity index (χ1n) is 3.52. The lowest BCUT2D eigenvalue weighted by atomic mass is 10.2. The summed E-state index contributed by atoms with van der Waals surface area (Å²) >= 11 is 1.63. The Morgan fingerprint density at radius 2 is 2.64 bits per heavy atom. The van der Waals surface area contributed by atoms with Crippen LogP contribution in [0.2, 0.25) is 0 Å². The van der Waals surface area contributed by atoms with Gasteiger partial charge in [0.1, 0.15) is 0 Å². The average molecular weight is 168 g/mol. The first-order chi connectivity index (χ1) is 5.24. The van der Waals surface area contributed by atoms with Crippen LogP contribution in [0.3, 0.4) is 0 Å². The van der Waals surface area contributed by atoms with Crippen molar-refractivity contribution in [3.63, 3.8) is 0 Å². The van der Waals surface area contributed by atoms with Gasteiger partial charge < -0.3 is 5.73 Å². The maximum Gasteiger partial charge on any atom is 0.0898 e. The fourth-order valence-corrected chi connectivity index (χ4v) is 1.53. The molecule has 0 amide bonds. The van der Waals surface area contributed by atoms with Crippen LogP contribution < -0.4 is 5.73 Å². The van der Waals surface area contributed by atoms with E-state index in [1.54, 1.807) is 11.3 Å². The predicted molar refractivity (Wildman–Crippen MR) is 48.6 cm³/mol. The molecule has 0 aliphatic heterocycles. The number of hydrogen-bond donors (Lipinski definition) is 1. The third-order valence-corrected chi connectivity index (χ3v) is 2.23. The second kappa shape index (κ2) is 3.64. The standard InChI is InChI=1S/C8H12N2S/c1-3-4-7(9)8-5-11-6(2)10-8/h3,5,7H,1,4,9H2,2H3/t7-/m1/s1. The fraction of sp³-hybridized carbons (Fsp3) is 0.375. The molecule has 1 rings (SSSR count). The van der Waals surface area contributed by atoms with Crippen LogP contribution in [-0.2, 0) is 0 Å². The molecule has 1 heterocycles. The Morgan fingerprint density at radius 3 is 3.09 bits per heavy atom. The summed E-state index contributed by atoms with van der Waals surface area (Å²) in [7, 11) is 0. The van der Waals surface area contributed by atoms with E-state index in [2.05, 4.69) is 11.6 Å². The predicted octanol–water partition coefficient (Wildman–Crippen LogP) is 2.03. The quantitative estimate of drug-likeness (QED) is 0.701. The molecule has 0 aromatic carbocycles. The van der Waals surface area contributed by atoms with Crippen molar-refractivity contribution in [3.8, 4) is 0 Å². The lowest BCUT2D eigenvalue weighted by Gasteiger charge is -2.03. The minimum atomic E-state index is 0.0254. The van der Waals surface area contributed by atoms with Gasteiger partial charge >= 0.3 is 0 Å². The van der Waals surface area contributed by atoms with Gasteiger partial charge in [-0.2, -0.15) is 0 Å². The minimum absolute atomic E-state index is 0.0254. The van der Waals surface area contributed by atoms with Gasteiger partial charge in [-0.1, -0.05) is 6.08 Å². The molecule has 0 fully saturated rings. The molecule has 11 heavy (non-hydrogen) atoms. The van der Waals surface area contributed by atoms with Gasteiger partial charge in [-0.15, -0.1) is 17.9 Å². The molecule has 2 N–H and O–H groups in total. The molecule has 2 nitrogen and oxygen atoms in total. The van der Waals surface area contributed by atoms with Gasteiger partial charge in [0.05, 0.1) is 16.7 Å². The summed E-state index contributed by atoms with van der Waals surface area (Å²) in [6.45, 7) is 5.61. The molecular weight excluding hydrogens is 156 g/mol. The van der Waals surface area contributed by atoms with Crippen LogP contribution in [0.4, 0.5) is 0 Å². The number of thiazole rings is 1. The summed E-state index contributed by atoms with van der Waals surface area (Å²) < 4.78 is 0. The maximum atomic E-state index is 5.79. The number of rotatable bonds is 3. The molecule has 1 aromatic heterocycles. The Hall–Kier alpha value is -0.670. The highest BCUT2D eigenvalue weighted by atomic mass is 32.1. The third-order valence-electron chi connectivity index (χ3n) is 1.44. The van der Waals surface area contributed by atoms with Crippen LogP contribution in [0.25, 0.3) is 0 Å². The van der Waals surface area contributed by atoms with Crippen LogP contribution in [0.5, 0.6) is 0 Å². The lowest BCUT2D eigenvalue weighted by Crippen LogP contribution is -2.09. The molecule has 0 aliphatic carbocycles. The molecule has 0 radical (unpaired) electrons. The number of aromatic nitrogens is 1. The van der Waals surface area contributed by atoms with E-state index in [9.17, 15) is 0 Å². The Balaban J connectivity index is 2.67. The van der Waals surface area contributed by atoms with Crippen LogP contribution in [0.15, 0.2) is 18.0 Å². The van der Waals surface area contributed by atoms with Crippen LogP contribution in [0.1, 0.15) is 23.2 Å². The minimum Gasteiger partial charge on any atom is -0.322 e. The Morgan fingerprint density at radius 1 is 1.91 bits per heavy atom. The van der Waals surface area contributed by atoms with Crippen LogP contribution in [-0.4, -0.2) is 4.98 Å². The Labute approximate surface area is 70.8 Å². The highest BCUT2D eigenvalue weighted by Crippen LogP contribution is 2.16. The van der Waals surface area contributed by atoms with Gasteiger partial charge in [0.25, 0.3) is 0 Å². The molecule has 0 saturated heterocycles. The highest BCUT2D eigenvalue weighted by Gasteiger charge is 2.06. The monoisotopic (exact) mass is 168 g/mol. The molecule has 60 valence electrons. The van der Waals surface area contributed by atoms with E-state index < -0.39 is 0 Å². The zero-order valence-corrected chi connectivity index (χ0v) is 7.40. The van der Waals surface area contributed by atoms with Crippen molar-refractivity contribution >= 4 is 11.3 Å². The molecule has 0 unspecified atom stereocenters. The molecule has 0 aliphatic rings. The molecule has 0 bridgehead atoms. The van der Waals surface area contributed by atoms with Gasteiger partial charge in [-0.3, -0.25) is 0 Å². The number of aryl methyl sites for hydroxylation is 1. The summed E-state index contributed by atoms with van der Waals surface area (Å²) in [5, 5.41) is 3.07. The van der Waals surface area contributed by atoms with Crippen molar-refractivity contribution in [2.24, 2.45) is 5.73 Å². The Kier molecular flexibility index (Phi) is 2.79. The first-order valence-corrected chi connectivity index (χ1v) is 4.40. The van der Waals surface area contributed by atoms with Crippen molar-refractivity contribution in [1.82, 2.24) is 4.98 Å². The topological polar surface area (TPSA) is 38.9 Å². The summed E-state index contributed by atoms with van der Waals surface area (Å²) in [5.74, 6) is 0. The SMILES string of the molecule is C=CC[C@@H](N)c1csc(C)n1. The highest BCUT2D eigenvalue weighted by molar-refractivity contribution is 7.09. The van der Waals surface area contributed by atoms with Gasteiger partial charge in [-0.25, -0.2) is 4.98 Å². The van der Waals surface area contributed by atoms with Crippen molar-refractivity contribution < 1.29 is 0 Å². The number of hydrogen-bond acceptors (Lipinski definition) is 3. The van der Waals surface area contributed by atoms with E-state index in [4.69, 9.17) is 5.73 Å².